The van der Waals surface area contributed by atoms with Crippen molar-refractivity contribution in [3.05, 3.63) is 34.6 Å². The normalized spacial score (nSPS) is 17.0. The zero-order valence-electron chi connectivity index (χ0n) is 14.1. The number of carbonyl (C=O) groups is 2. The summed E-state index contributed by atoms with van der Waals surface area (Å²) in [7, 11) is 0. The highest BCUT2D eigenvalue weighted by atomic mass is 16.5. The van der Waals surface area contributed by atoms with Gasteiger partial charge in [0.15, 0.2) is 5.76 Å². The van der Waals surface area contributed by atoms with E-state index >= 15 is 0 Å². The summed E-state index contributed by atoms with van der Waals surface area (Å²) in [6, 6.07) is 3.93. The van der Waals surface area contributed by atoms with Crippen LogP contribution in [0.2, 0.25) is 0 Å². The third-order valence-corrected chi connectivity index (χ3v) is 4.80. The fourth-order valence-corrected chi connectivity index (χ4v) is 3.28. The minimum absolute atomic E-state index is 0.175. The highest BCUT2D eigenvalue weighted by Crippen LogP contribution is 2.31. The first-order chi connectivity index (χ1) is 11.4. The minimum atomic E-state index is -1.30. The molecule has 3 rings (SSSR count). The highest BCUT2D eigenvalue weighted by molar-refractivity contribution is 6.02. The highest BCUT2D eigenvalue weighted by Gasteiger charge is 2.42. The molecule has 1 aliphatic heterocycles. The predicted octanol–water partition coefficient (Wildman–Crippen LogP) is 2.72. The number of ether oxygens (including phenoxy) is 1. The Morgan fingerprint density at radius 2 is 1.75 bits per heavy atom. The molecular formula is C18H21NO5. The van der Waals surface area contributed by atoms with Crippen LogP contribution in [0.25, 0.3) is 11.0 Å². The van der Waals surface area contributed by atoms with Gasteiger partial charge in [-0.05, 0) is 31.9 Å². The first-order valence-electron chi connectivity index (χ1n) is 7.99. The van der Waals surface area contributed by atoms with E-state index in [2.05, 4.69) is 5.32 Å². The lowest BCUT2D eigenvalue weighted by molar-refractivity contribution is -0.148. The van der Waals surface area contributed by atoms with Crippen molar-refractivity contribution in [3.63, 3.8) is 0 Å². The lowest BCUT2D eigenvalue weighted by Gasteiger charge is -2.33. The number of amides is 1. The van der Waals surface area contributed by atoms with Crippen molar-refractivity contribution < 1.29 is 23.8 Å². The second kappa shape index (κ2) is 5.94. The van der Waals surface area contributed by atoms with Gasteiger partial charge in [0.05, 0.1) is 0 Å². The van der Waals surface area contributed by atoms with E-state index in [4.69, 9.17) is 9.15 Å². The number of hydrogen-bond acceptors (Lipinski definition) is 4. The third kappa shape index (κ3) is 2.57. The molecule has 0 unspecified atom stereocenters. The number of carboxylic acid groups (broad SMARTS) is 1. The molecular weight excluding hydrogens is 310 g/mol. The van der Waals surface area contributed by atoms with Crippen LogP contribution in [0.1, 0.15) is 40.1 Å². The van der Waals surface area contributed by atoms with Crippen LogP contribution in [0, 0.1) is 20.8 Å². The van der Waals surface area contributed by atoms with Crippen molar-refractivity contribution in [1.82, 2.24) is 5.32 Å². The summed E-state index contributed by atoms with van der Waals surface area (Å²) in [5, 5.41) is 13.2. The number of aryl methyl sites for hydroxylation is 3. The van der Waals surface area contributed by atoms with E-state index in [1.54, 1.807) is 0 Å². The van der Waals surface area contributed by atoms with Gasteiger partial charge in [0.2, 0.25) is 0 Å². The average Bonchev–Trinajstić information content (AvgIpc) is 2.91. The summed E-state index contributed by atoms with van der Waals surface area (Å²) in [5.41, 5.74) is 2.07. The van der Waals surface area contributed by atoms with E-state index in [9.17, 15) is 14.7 Å². The Bertz CT molecular complexity index is 814. The molecule has 0 radical (unpaired) electrons. The maximum absolute atomic E-state index is 12.7. The van der Waals surface area contributed by atoms with E-state index in [1.165, 1.54) is 0 Å². The van der Waals surface area contributed by atoms with Crippen LogP contribution < -0.4 is 5.32 Å². The molecule has 0 atom stereocenters. The predicted molar refractivity (Wildman–Crippen MR) is 88.3 cm³/mol. The Balaban J connectivity index is 2.00. The molecule has 0 aliphatic carbocycles. The van der Waals surface area contributed by atoms with Crippen molar-refractivity contribution in [2.45, 2.75) is 39.2 Å². The van der Waals surface area contributed by atoms with Crippen LogP contribution in [0.15, 0.2) is 16.5 Å². The van der Waals surface area contributed by atoms with Gasteiger partial charge < -0.3 is 19.6 Å². The number of aliphatic carboxylic acids is 1. The molecule has 1 aromatic carbocycles. The summed E-state index contributed by atoms with van der Waals surface area (Å²) in [5.74, 6) is -1.36. The maximum Gasteiger partial charge on any atom is 0.329 e. The topological polar surface area (TPSA) is 88.8 Å². The first kappa shape index (κ1) is 16.5. The molecule has 1 saturated heterocycles. The summed E-state index contributed by atoms with van der Waals surface area (Å²) in [6.45, 7) is 6.32. The van der Waals surface area contributed by atoms with Gasteiger partial charge in [-0.2, -0.15) is 0 Å². The summed E-state index contributed by atoms with van der Waals surface area (Å²) in [6.07, 6.45) is 0.483. The van der Waals surface area contributed by atoms with Gasteiger partial charge >= 0.3 is 5.97 Å². The fourth-order valence-electron chi connectivity index (χ4n) is 3.28. The van der Waals surface area contributed by atoms with E-state index in [0.29, 0.717) is 18.8 Å². The van der Waals surface area contributed by atoms with E-state index in [1.807, 2.05) is 32.9 Å². The third-order valence-electron chi connectivity index (χ3n) is 4.80. The van der Waals surface area contributed by atoms with Crippen molar-refractivity contribution in [2.75, 3.05) is 13.2 Å². The standard InChI is InChI=1S/C18H21NO5/c1-10-4-5-11(2)14-13(10)12(3)15(24-14)16(20)19-18(17(21)22)6-8-23-9-7-18/h4-5H,6-9H2,1-3H3,(H,19,20)(H,21,22). The van der Waals surface area contributed by atoms with Crippen LogP contribution in [-0.2, 0) is 9.53 Å². The summed E-state index contributed by atoms with van der Waals surface area (Å²) >= 11 is 0. The summed E-state index contributed by atoms with van der Waals surface area (Å²) < 4.78 is 11.0. The number of carboxylic acids is 1. The molecule has 2 aromatic rings. The average molecular weight is 331 g/mol. The molecule has 0 spiro atoms. The molecule has 2 heterocycles. The van der Waals surface area contributed by atoms with Crippen LogP contribution in [0.4, 0.5) is 0 Å². The van der Waals surface area contributed by atoms with Gasteiger partial charge in [-0.3, -0.25) is 4.79 Å². The number of hydrogen-bond donors (Lipinski definition) is 2. The molecule has 24 heavy (non-hydrogen) atoms. The largest absolute Gasteiger partial charge is 0.480 e. The molecule has 0 bridgehead atoms. The number of fused-ring (bicyclic) bond motifs is 1. The van der Waals surface area contributed by atoms with Gasteiger partial charge in [-0.1, -0.05) is 12.1 Å². The quantitative estimate of drug-likeness (QED) is 0.903. The SMILES string of the molecule is Cc1ccc(C)c2c(C)c(C(=O)NC3(C(=O)O)CCOCC3)oc12. The Labute approximate surface area is 139 Å². The summed E-state index contributed by atoms with van der Waals surface area (Å²) in [4.78, 5) is 24.4. The molecule has 1 amide bonds. The first-order valence-corrected chi connectivity index (χ1v) is 7.99. The Morgan fingerprint density at radius 1 is 1.12 bits per heavy atom. The molecule has 0 saturated carbocycles. The second-order valence-electron chi connectivity index (χ2n) is 6.41. The lowest BCUT2D eigenvalue weighted by atomic mass is 9.90. The lowest BCUT2D eigenvalue weighted by Crippen LogP contribution is -2.57. The molecule has 1 aliphatic rings. The van der Waals surface area contributed by atoms with Crippen LogP contribution in [-0.4, -0.2) is 35.7 Å². The Kier molecular flexibility index (Phi) is 4.09. The number of furan rings is 1. The monoisotopic (exact) mass is 331 g/mol. The van der Waals surface area contributed by atoms with Crippen molar-refractivity contribution in [3.8, 4) is 0 Å². The number of nitrogens with one attached hydrogen (secondary N) is 1. The molecule has 6 heteroatoms. The van der Waals surface area contributed by atoms with Crippen molar-refractivity contribution >= 4 is 22.8 Å². The number of rotatable bonds is 3. The molecule has 2 N–H and O–H groups in total. The second-order valence-corrected chi connectivity index (χ2v) is 6.41. The Hall–Kier alpha value is -2.34. The van der Waals surface area contributed by atoms with Crippen molar-refractivity contribution in [1.29, 1.82) is 0 Å². The number of carbonyl (C=O) groups excluding carboxylic acids is 1. The molecule has 1 aromatic heterocycles. The van der Waals surface area contributed by atoms with Gasteiger partial charge in [0, 0.05) is 37.0 Å². The van der Waals surface area contributed by atoms with E-state index in [-0.39, 0.29) is 18.6 Å². The number of benzene rings is 1. The van der Waals surface area contributed by atoms with Gasteiger partial charge in [0.1, 0.15) is 11.1 Å². The fraction of sp³-hybridized carbons (Fsp3) is 0.444. The van der Waals surface area contributed by atoms with Crippen LogP contribution in [0.3, 0.4) is 0 Å². The van der Waals surface area contributed by atoms with E-state index < -0.39 is 17.4 Å². The van der Waals surface area contributed by atoms with Crippen LogP contribution in [0.5, 0.6) is 0 Å². The smallest absolute Gasteiger partial charge is 0.329 e. The molecule has 1 fully saturated rings. The zero-order valence-corrected chi connectivity index (χ0v) is 14.1. The van der Waals surface area contributed by atoms with Gasteiger partial charge in [-0.25, -0.2) is 4.79 Å². The van der Waals surface area contributed by atoms with E-state index in [0.717, 1.165) is 22.1 Å². The molecule has 6 nitrogen and oxygen atoms in total. The van der Waals surface area contributed by atoms with Gasteiger partial charge in [0.25, 0.3) is 5.91 Å². The minimum Gasteiger partial charge on any atom is -0.480 e. The molecule has 128 valence electrons. The van der Waals surface area contributed by atoms with Gasteiger partial charge in [-0.15, -0.1) is 0 Å². The maximum atomic E-state index is 12.7. The Morgan fingerprint density at radius 3 is 2.33 bits per heavy atom. The van der Waals surface area contributed by atoms with Crippen molar-refractivity contribution in [2.24, 2.45) is 0 Å². The van der Waals surface area contributed by atoms with Crippen LogP contribution >= 0.6 is 0 Å². The zero-order chi connectivity index (χ0) is 17.5.